The van der Waals surface area contributed by atoms with Crippen molar-refractivity contribution in [3.05, 3.63) is 33.9 Å². The van der Waals surface area contributed by atoms with Crippen molar-refractivity contribution in [3.63, 3.8) is 0 Å². The predicted molar refractivity (Wildman–Crippen MR) is 72.9 cm³/mol. The fourth-order valence-corrected chi connectivity index (χ4v) is 2.59. The summed E-state index contributed by atoms with van der Waals surface area (Å²) in [7, 11) is 0. The topological polar surface area (TPSA) is 79.0 Å². The average molecular weight is 259 g/mol. The van der Waals surface area contributed by atoms with Crippen molar-refractivity contribution >= 4 is 11.4 Å². The molecule has 5 heteroatoms. The van der Waals surface area contributed by atoms with Crippen molar-refractivity contribution in [2.45, 2.75) is 38.6 Å². The van der Waals surface area contributed by atoms with Gasteiger partial charge in [-0.3, -0.25) is 10.1 Å². The summed E-state index contributed by atoms with van der Waals surface area (Å²) in [6, 6.07) is 6.78. The molecule has 0 aromatic heterocycles. The van der Waals surface area contributed by atoms with Gasteiger partial charge in [-0.05, 0) is 24.8 Å². The van der Waals surface area contributed by atoms with Gasteiger partial charge in [-0.2, -0.15) is 5.26 Å². The van der Waals surface area contributed by atoms with E-state index < -0.39 is 4.92 Å². The Kier molecular flexibility index (Phi) is 4.00. The molecule has 1 N–H and O–H groups in total. The lowest BCUT2D eigenvalue weighted by Gasteiger charge is -2.30. The smallest absolute Gasteiger partial charge is 0.270 e. The van der Waals surface area contributed by atoms with Crippen molar-refractivity contribution in [1.29, 1.82) is 5.26 Å². The Morgan fingerprint density at radius 1 is 1.42 bits per heavy atom. The number of hydrogen-bond acceptors (Lipinski definition) is 4. The number of benzene rings is 1. The average Bonchev–Trinajstić information content (AvgIpc) is 2.41. The van der Waals surface area contributed by atoms with Crippen molar-refractivity contribution in [3.8, 4) is 6.07 Å². The summed E-state index contributed by atoms with van der Waals surface area (Å²) in [5.41, 5.74) is 0.998. The minimum atomic E-state index is -0.478. The first-order valence-corrected chi connectivity index (χ1v) is 6.57. The zero-order valence-corrected chi connectivity index (χ0v) is 10.9. The second-order valence-electron chi connectivity index (χ2n) is 5.11. The highest BCUT2D eigenvalue weighted by atomic mass is 16.6. The third-order valence-corrected chi connectivity index (χ3v) is 3.79. The van der Waals surface area contributed by atoms with Gasteiger partial charge in [-0.1, -0.05) is 19.8 Å². The molecule has 0 saturated heterocycles. The molecule has 0 aliphatic heterocycles. The second kappa shape index (κ2) is 5.70. The Hall–Kier alpha value is -2.09. The van der Waals surface area contributed by atoms with E-state index in [1.54, 1.807) is 6.07 Å². The zero-order valence-electron chi connectivity index (χ0n) is 10.9. The van der Waals surface area contributed by atoms with Gasteiger partial charge < -0.3 is 5.32 Å². The monoisotopic (exact) mass is 259 g/mol. The van der Waals surface area contributed by atoms with Crippen molar-refractivity contribution in [2.75, 3.05) is 5.32 Å². The van der Waals surface area contributed by atoms with E-state index in [-0.39, 0.29) is 5.69 Å². The molecule has 0 unspecified atom stereocenters. The minimum Gasteiger partial charge on any atom is -0.381 e. The van der Waals surface area contributed by atoms with Crippen LogP contribution in [-0.2, 0) is 0 Å². The van der Waals surface area contributed by atoms with Crippen LogP contribution in [0.15, 0.2) is 18.2 Å². The van der Waals surface area contributed by atoms with Crippen LogP contribution in [-0.4, -0.2) is 11.0 Å². The molecule has 1 aliphatic rings. The number of rotatable bonds is 3. The molecule has 1 aliphatic carbocycles. The first kappa shape index (κ1) is 13.3. The number of non-ortho nitro benzene ring substituents is 1. The standard InChI is InChI=1S/C14H17N3O2/c1-10-4-2-3-5-13(10)16-14-7-6-12(17(18)19)8-11(14)9-15/h6-8,10,13,16H,2-5H2,1H3/t10-,13-/m0/s1. The van der Waals surface area contributed by atoms with Crippen LogP contribution in [0.2, 0.25) is 0 Å². The molecule has 100 valence electrons. The third-order valence-electron chi connectivity index (χ3n) is 3.79. The summed E-state index contributed by atoms with van der Waals surface area (Å²) in [6.45, 7) is 2.20. The number of nitrogens with one attached hydrogen (secondary N) is 1. The number of nitrogens with zero attached hydrogens (tertiary/aromatic N) is 2. The fraction of sp³-hybridized carbons (Fsp3) is 0.500. The summed E-state index contributed by atoms with van der Waals surface area (Å²) in [5, 5.41) is 23.2. The Morgan fingerprint density at radius 2 is 2.16 bits per heavy atom. The van der Waals surface area contributed by atoms with Crippen molar-refractivity contribution < 1.29 is 4.92 Å². The van der Waals surface area contributed by atoms with Crippen LogP contribution in [0.5, 0.6) is 0 Å². The Labute approximate surface area is 112 Å². The highest BCUT2D eigenvalue weighted by molar-refractivity contribution is 5.61. The van der Waals surface area contributed by atoms with Gasteiger partial charge in [0.15, 0.2) is 0 Å². The van der Waals surface area contributed by atoms with Crippen LogP contribution in [0.25, 0.3) is 0 Å². The van der Waals surface area contributed by atoms with Crippen LogP contribution >= 0.6 is 0 Å². The fourth-order valence-electron chi connectivity index (χ4n) is 2.59. The van der Waals surface area contributed by atoms with Crippen LogP contribution in [0.3, 0.4) is 0 Å². The molecule has 0 radical (unpaired) electrons. The highest BCUT2D eigenvalue weighted by Gasteiger charge is 2.22. The molecule has 5 nitrogen and oxygen atoms in total. The molecular formula is C14H17N3O2. The molecule has 1 fully saturated rings. The minimum absolute atomic E-state index is 0.0428. The van der Waals surface area contributed by atoms with E-state index in [0.717, 1.165) is 6.42 Å². The second-order valence-corrected chi connectivity index (χ2v) is 5.11. The summed E-state index contributed by atoms with van der Waals surface area (Å²) < 4.78 is 0. The number of hydrogen-bond donors (Lipinski definition) is 1. The molecule has 19 heavy (non-hydrogen) atoms. The van der Waals surface area contributed by atoms with E-state index in [1.807, 2.05) is 6.07 Å². The lowest BCUT2D eigenvalue weighted by molar-refractivity contribution is -0.384. The number of nitro benzene ring substituents is 1. The van der Waals surface area contributed by atoms with Crippen molar-refractivity contribution in [1.82, 2.24) is 0 Å². The van der Waals surface area contributed by atoms with Crippen LogP contribution in [0, 0.1) is 27.4 Å². The Morgan fingerprint density at radius 3 is 2.79 bits per heavy atom. The molecule has 0 bridgehead atoms. The van der Waals surface area contributed by atoms with E-state index in [2.05, 4.69) is 12.2 Å². The summed E-state index contributed by atoms with van der Waals surface area (Å²) in [4.78, 5) is 10.2. The third kappa shape index (κ3) is 3.02. The largest absolute Gasteiger partial charge is 0.381 e. The summed E-state index contributed by atoms with van der Waals surface area (Å²) in [5.74, 6) is 0.565. The predicted octanol–water partition coefficient (Wildman–Crippen LogP) is 3.46. The molecule has 0 spiro atoms. The van der Waals surface area contributed by atoms with E-state index >= 15 is 0 Å². The lowest BCUT2D eigenvalue weighted by Crippen LogP contribution is -2.30. The van der Waals surface area contributed by atoms with Gasteiger partial charge in [-0.15, -0.1) is 0 Å². The molecule has 1 aromatic carbocycles. The van der Waals surface area contributed by atoms with Gasteiger partial charge in [0, 0.05) is 18.2 Å². The number of nitro groups is 1. The summed E-state index contributed by atoms with van der Waals surface area (Å²) in [6.07, 6.45) is 4.72. The van der Waals surface area contributed by atoms with E-state index in [0.29, 0.717) is 23.2 Å². The van der Waals surface area contributed by atoms with Gasteiger partial charge in [0.25, 0.3) is 5.69 Å². The molecule has 2 rings (SSSR count). The van der Waals surface area contributed by atoms with Gasteiger partial charge in [0.1, 0.15) is 6.07 Å². The number of nitriles is 1. The molecule has 1 aromatic rings. The molecule has 0 amide bonds. The van der Waals surface area contributed by atoms with E-state index in [4.69, 9.17) is 5.26 Å². The lowest BCUT2D eigenvalue weighted by atomic mass is 9.85. The maximum Gasteiger partial charge on any atom is 0.270 e. The van der Waals surface area contributed by atoms with Crippen molar-refractivity contribution in [2.24, 2.45) is 5.92 Å². The quantitative estimate of drug-likeness (QED) is 0.666. The van der Waals surface area contributed by atoms with Gasteiger partial charge in [-0.25, -0.2) is 0 Å². The van der Waals surface area contributed by atoms with Gasteiger partial charge in [0.2, 0.25) is 0 Å². The molecule has 0 heterocycles. The molecular weight excluding hydrogens is 242 g/mol. The Balaban J connectivity index is 2.20. The van der Waals surface area contributed by atoms with Gasteiger partial charge in [0.05, 0.1) is 16.2 Å². The number of anilines is 1. The van der Waals surface area contributed by atoms with Gasteiger partial charge >= 0.3 is 0 Å². The summed E-state index contributed by atoms with van der Waals surface area (Å²) >= 11 is 0. The normalized spacial score (nSPS) is 22.5. The maximum absolute atomic E-state index is 10.7. The van der Waals surface area contributed by atoms with Crippen LogP contribution in [0.4, 0.5) is 11.4 Å². The van der Waals surface area contributed by atoms with Crippen LogP contribution in [0.1, 0.15) is 38.2 Å². The van der Waals surface area contributed by atoms with Crippen LogP contribution < -0.4 is 5.32 Å². The highest BCUT2D eigenvalue weighted by Crippen LogP contribution is 2.29. The first-order chi connectivity index (χ1) is 9.11. The first-order valence-electron chi connectivity index (χ1n) is 6.57. The molecule has 1 saturated carbocycles. The SMILES string of the molecule is C[C@H]1CCCC[C@@H]1Nc1ccc([N+](=O)[O-])cc1C#N. The molecule has 2 atom stereocenters. The Bertz CT molecular complexity index is 522. The van der Waals surface area contributed by atoms with E-state index in [9.17, 15) is 10.1 Å². The zero-order chi connectivity index (χ0) is 13.8. The van der Waals surface area contributed by atoms with E-state index in [1.165, 1.54) is 31.4 Å². The maximum atomic E-state index is 10.7.